The van der Waals surface area contributed by atoms with Crippen LogP contribution < -0.4 is 16.4 Å². The van der Waals surface area contributed by atoms with Crippen molar-refractivity contribution in [3.8, 4) is 0 Å². The molecular weight excluding hydrogens is 185 g/mol. The molecule has 0 aliphatic heterocycles. The minimum absolute atomic E-state index is 0.00759. The smallest absolute Gasteiger partial charge is 0.236 e. The zero-order chi connectivity index (χ0) is 10.7. The van der Waals surface area contributed by atoms with Crippen molar-refractivity contribution < 1.29 is 9.18 Å². The first-order valence-corrected chi connectivity index (χ1v) is 4.05. The average molecular weight is 197 g/mol. The Balaban J connectivity index is 2.93. The lowest BCUT2D eigenvalue weighted by Crippen LogP contribution is -2.31. The summed E-state index contributed by atoms with van der Waals surface area (Å²) in [4.78, 5) is 12.1. The van der Waals surface area contributed by atoms with Gasteiger partial charge in [0.2, 0.25) is 5.91 Å². The number of carbonyl (C=O) groups excluding carboxylic acids is 1. The lowest BCUT2D eigenvalue weighted by molar-refractivity contribution is -0.116. The first-order valence-electron chi connectivity index (χ1n) is 4.05. The van der Waals surface area contributed by atoms with E-state index in [2.05, 4.69) is 0 Å². The van der Waals surface area contributed by atoms with Gasteiger partial charge >= 0.3 is 0 Å². The molecule has 0 atom stereocenters. The largest absolute Gasteiger partial charge is 0.397 e. The highest BCUT2D eigenvalue weighted by atomic mass is 19.1. The van der Waals surface area contributed by atoms with Gasteiger partial charge in [0.1, 0.15) is 5.82 Å². The number of nitrogens with two attached hydrogens (primary N) is 2. The molecule has 5 heteroatoms. The van der Waals surface area contributed by atoms with Crippen molar-refractivity contribution in [1.29, 1.82) is 0 Å². The maximum Gasteiger partial charge on any atom is 0.236 e. The van der Waals surface area contributed by atoms with Gasteiger partial charge in [0.25, 0.3) is 0 Å². The Morgan fingerprint density at radius 3 is 2.79 bits per heavy atom. The second kappa shape index (κ2) is 3.95. The fourth-order valence-electron chi connectivity index (χ4n) is 1.17. The van der Waals surface area contributed by atoms with Crippen LogP contribution in [0.2, 0.25) is 0 Å². The number of primary amides is 1. The first-order chi connectivity index (χ1) is 6.50. The van der Waals surface area contributed by atoms with Crippen molar-refractivity contribution in [1.82, 2.24) is 0 Å². The quantitative estimate of drug-likeness (QED) is 0.686. The van der Waals surface area contributed by atoms with Crippen LogP contribution in [-0.2, 0) is 4.79 Å². The highest BCUT2D eigenvalue weighted by Gasteiger charge is 2.08. The van der Waals surface area contributed by atoms with Crippen molar-refractivity contribution in [2.24, 2.45) is 5.73 Å². The maximum absolute atomic E-state index is 12.8. The van der Waals surface area contributed by atoms with Gasteiger partial charge in [-0.3, -0.25) is 4.79 Å². The summed E-state index contributed by atoms with van der Waals surface area (Å²) in [6.45, 7) is 0.00759. The van der Waals surface area contributed by atoms with Crippen LogP contribution in [0.1, 0.15) is 0 Å². The van der Waals surface area contributed by atoms with Crippen molar-refractivity contribution in [2.45, 2.75) is 0 Å². The van der Waals surface area contributed by atoms with Gasteiger partial charge in [-0.2, -0.15) is 0 Å². The average Bonchev–Trinajstić information content (AvgIpc) is 2.08. The summed E-state index contributed by atoms with van der Waals surface area (Å²) < 4.78 is 12.8. The van der Waals surface area contributed by atoms with Crippen molar-refractivity contribution in [3.63, 3.8) is 0 Å². The van der Waals surface area contributed by atoms with Crippen LogP contribution in [0.25, 0.3) is 0 Å². The molecule has 0 unspecified atom stereocenters. The lowest BCUT2D eigenvalue weighted by Gasteiger charge is -2.19. The van der Waals surface area contributed by atoms with Crippen molar-refractivity contribution in [3.05, 3.63) is 24.0 Å². The van der Waals surface area contributed by atoms with E-state index in [0.29, 0.717) is 11.4 Å². The number of hydrogen-bond acceptors (Lipinski definition) is 3. The molecule has 1 amide bonds. The molecular formula is C9H12FN3O. The minimum Gasteiger partial charge on any atom is -0.397 e. The molecule has 4 nitrogen and oxygen atoms in total. The molecule has 1 rings (SSSR count). The standard InChI is InChI=1S/C9H12FN3O/c1-13(5-9(12)14)8-4-6(10)2-3-7(8)11/h2-4H,5,11H2,1H3,(H2,12,14). The number of benzene rings is 1. The zero-order valence-corrected chi connectivity index (χ0v) is 7.83. The molecule has 1 aromatic rings. The van der Waals surface area contributed by atoms with Crippen LogP contribution in [0.4, 0.5) is 15.8 Å². The Kier molecular flexibility index (Phi) is 2.91. The summed E-state index contributed by atoms with van der Waals surface area (Å²) in [5, 5.41) is 0. The molecule has 0 aliphatic rings. The van der Waals surface area contributed by atoms with E-state index >= 15 is 0 Å². The number of likely N-dealkylation sites (N-methyl/N-ethyl adjacent to an activating group) is 1. The van der Waals surface area contributed by atoms with Crippen LogP contribution in [0, 0.1) is 5.82 Å². The van der Waals surface area contributed by atoms with Gasteiger partial charge in [-0.05, 0) is 18.2 Å². The Bertz CT molecular complexity index is 354. The number of nitrogens with zero attached hydrogens (tertiary/aromatic N) is 1. The third kappa shape index (κ3) is 2.35. The summed E-state index contributed by atoms with van der Waals surface area (Å²) in [5.41, 5.74) is 11.5. The molecule has 0 aliphatic carbocycles. The predicted molar refractivity (Wildman–Crippen MR) is 53.3 cm³/mol. The molecule has 1 aromatic carbocycles. The van der Waals surface area contributed by atoms with Crippen molar-refractivity contribution in [2.75, 3.05) is 24.2 Å². The second-order valence-electron chi connectivity index (χ2n) is 3.03. The van der Waals surface area contributed by atoms with E-state index in [1.807, 2.05) is 0 Å². The number of amides is 1. The van der Waals surface area contributed by atoms with E-state index in [0.717, 1.165) is 0 Å². The summed E-state index contributed by atoms with van der Waals surface area (Å²) in [7, 11) is 1.62. The van der Waals surface area contributed by atoms with Crippen LogP contribution in [0.3, 0.4) is 0 Å². The molecule has 0 radical (unpaired) electrons. The van der Waals surface area contributed by atoms with E-state index < -0.39 is 11.7 Å². The molecule has 4 N–H and O–H groups in total. The Hall–Kier alpha value is -1.78. The zero-order valence-electron chi connectivity index (χ0n) is 7.83. The highest BCUT2D eigenvalue weighted by Crippen LogP contribution is 2.22. The minimum atomic E-state index is -0.490. The van der Waals surface area contributed by atoms with Crippen molar-refractivity contribution >= 4 is 17.3 Å². The number of halogens is 1. The molecule has 76 valence electrons. The molecule has 0 saturated heterocycles. The van der Waals surface area contributed by atoms with Gasteiger partial charge in [0.15, 0.2) is 0 Å². The number of rotatable bonds is 3. The molecule has 0 bridgehead atoms. The number of anilines is 2. The van der Waals surface area contributed by atoms with Gasteiger partial charge in [-0.1, -0.05) is 0 Å². The van der Waals surface area contributed by atoms with E-state index in [-0.39, 0.29) is 6.54 Å². The molecule has 14 heavy (non-hydrogen) atoms. The SMILES string of the molecule is CN(CC(N)=O)c1cc(F)ccc1N. The van der Waals surface area contributed by atoms with Crippen LogP contribution in [-0.4, -0.2) is 19.5 Å². The Morgan fingerprint density at radius 2 is 2.21 bits per heavy atom. The van der Waals surface area contributed by atoms with Crippen LogP contribution in [0.15, 0.2) is 18.2 Å². The second-order valence-corrected chi connectivity index (χ2v) is 3.03. The lowest BCUT2D eigenvalue weighted by atomic mass is 10.2. The maximum atomic E-state index is 12.8. The van der Waals surface area contributed by atoms with E-state index in [1.165, 1.54) is 23.1 Å². The van der Waals surface area contributed by atoms with E-state index in [1.54, 1.807) is 7.05 Å². The van der Waals surface area contributed by atoms with E-state index in [9.17, 15) is 9.18 Å². The molecule has 0 aromatic heterocycles. The van der Waals surface area contributed by atoms with Gasteiger partial charge in [-0.15, -0.1) is 0 Å². The topological polar surface area (TPSA) is 72.3 Å². The summed E-state index contributed by atoms with van der Waals surface area (Å²) in [5.74, 6) is -0.887. The monoisotopic (exact) mass is 197 g/mol. The van der Waals surface area contributed by atoms with Crippen LogP contribution >= 0.6 is 0 Å². The molecule has 0 fully saturated rings. The fraction of sp³-hybridized carbons (Fsp3) is 0.222. The molecule has 0 spiro atoms. The molecule has 0 heterocycles. The number of hydrogen-bond donors (Lipinski definition) is 2. The third-order valence-electron chi connectivity index (χ3n) is 1.80. The van der Waals surface area contributed by atoms with Gasteiger partial charge in [0, 0.05) is 7.05 Å². The predicted octanol–water partition coefficient (Wildman–Crippen LogP) is 0.329. The van der Waals surface area contributed by atoms with Gasteiger partial charge < -0.3 is 16.4 Å². The number of carbonyl (C=O) groups is 1. The van der Waals surface area contributed by atoms with E-state index in [4.69, 9.17) is 11.5 Å². The number of nitrogen functional groups attached to an aromatic ring is 1. The molecule has 0 saturated carbocycles. The van der Waals surface area contributed by atoms with Gasteiger partial charge in [-0.25, -0.2) is 4.39 Å². The normalized spacial score (nSPS) is 9.86. The summed E-state index contributed by atoms with van der Waals surface area (Å²) in [6.07, 6.45) is 0. The van der Waals surface area contributed by atoms with Gasteiger partial charge in [0.05, 0.1) is 17.9 Å². The van der Waals surface area contributed by atoms with Crippen LogP contribution in [0.5, 0.6) is 0 Å². The Labute approximate surface area is 81.3 Å². The summed E-state index contributed by atoms with van der Waals surface area (Å²) >= 11 is 0. The first kappa shape index (κ1) is 10.3. The summed E-state index contributed by atoms with van der Waals surface area (Å²) in [6, 6.07) is 3.97. The highest BCUT2D eigenvalue weighted by molar-refractivity contribution is 5.81. The fourth-order valence-corrected chi connectivity index (χ4v) is 1.17. The third-order valence-corrected chi connectivity index (χ3v) is 1.80. The Morgan fingerprint density at radius 1 is 1.57 bits per heavy atom.